The molecule has 1 amide bonds. The maximum atomic E-state index is 12.9. The van der Waals surface area contributed by atoms with Gasteiger partial charge in [-0.25, -0.2) is 13.6 Å². The Kier molecular flexibility index (Phi) is 7.67. The van der Waals surface area contributed by atoms with E-state index in [0.717, 1.165) is 6.42 Å². The lowest BCUT2D eigenvalue weighted by atomic mass is 9.87. The Hall–Kier alpha value is -0.950. The van der Waals surface area contributed by atoms with E-state index in [2.05, 4.69) is 5.32 Å². The van der Waals surface area contributed by atoms with E-state index in [1.807, 2.05) is 6.92 Å². The van der Waals surface area contributed by atoms with Gasteiger partial charge in [-0.05, 0) is 53.0 Å². The van der Waals surface area contributed by atoms with Gasteiger partial charge in [-0.15, -0.1) is 0 Å². The fourth-order valence-electron chi connectivity index (χ4n) is 3.01. The van der Waals surface area contributed by atoms with Crippen LogP contribution in [0.4, 0.5) is 13.6 Å². The average molecular weight is 336 g/mol. The zero-order valence-electron chi connectivity index (χ0n) is 14.5. The third kappa shape index (κ3) is 7.44. The molecule has 23 heavy (non-hydrogen) atoms. The number of rotatable bonds is 6. The van der Waals surface area contributed by atoms with Crippen LogP contribution in [0.15, 0.2) is 0 Å². The number of aliphatic hydroxyl groups excluding tert-OH is 1. The first kappa shape index (κ1) is 20.1. The van der Waals surface area contributed by atoms with E-state index in [0.29, 0.717) is 25.8 Å². The van der Waals surface area contributed by atoms with Gasteiger partial charge in [-0.1, -0.05) is 6.92 Å². The molecular weight excluding hydrogens is 306 g/mol. The lowest BCUT2D eigenvalue weighted by Gasteiger charge is -2.41. The molecule has 5 nitrogen and oxygen atoms in total. The minimum atomic E-state index is -2.44. The number of nitrogens with one attached hydrogen (secondary N) is 1. The van der Waals surface area contributed by atoms with E-state index in [1.54, 1.807) is 25.7 Å². The van der Waals surface area contributed by atoms with Gasteiger partial charge in [0.1, 0.15) is 5.60 Å². The summed E-state index contributed by atoms with van der Waals surface area (Å²) in [6.07, 6.45) is -1.29. The minimum absolute atomic E-state index is 0.293. The van der Waals surface area contributed by atoms with Crippen molar-refractivity contribution in [2.45, 2.75) is 83.6 Å². The van der Waals surface area contributed by atoms with Crippen molar-refractivity contribution in [3.05, 3.63) is 0 Å². The molecule has 0 aromatic rings. The smallest absolute Gasteiger partial charge is 0.407 e. The van der Waals surface area contributed by atoms with E-state index in [1.165, 1.54) is 0 Å². The molecule has 1 aliphatic rings. The van der Waals surface area contributed by atoms with Crippen LogP contribution in [-0.4, -0.2) is 59.4 Å². The summed E-state index contributed by atoms with van der Waals surface area (Å²) in [5.74, 6) is 0. The zero-order valence-corrected chi connectivity index (χ0v) is 14.5. The highest BCUT2D eigenvalue weighted by atomic mass is 19.3. The summed E-state index contributed by atoms with van der Waals surface area (Å²) in [4.78, 5) is 13.7. The Labute approximate surface area is 137 Å². The van der Waals surface area contributed by atoms with E-state index < -0.39 is 24.2 Å². The molecule has 1 fully saturated rings. The number of nitrogens with zero attached hydrogens (tertiary/aromatic N) is 1. The second kappa shape index (κ2) is 8.78. The fraction of sp³-hybridized carbons (Fsp3) is 0.938. The van der Waals surface area contributed by atoms with E-state index >= 15 is 0 Å². The van der Waals surface area contributed by atoms with Gasteiger partial charge in [0.15, 0.2) is 0 Å². The molecule has 0 heterocycles. The van der Waals surface area contributed by atoms with Gasteiger partial charge >= 0.3 is 6.09 Å². The molecule has 0 saturated heterocycles. The third-order valence-electron chi connectivity index (χ3n) is 3.84. The first-order valence-electron chi connectivity index (χ1n) is 8.32. The fourth-order valence-corrected chi connectivity index (χ4v) is 3.01. The van der Waals surface area contributed by atoms with Gasteiger partial charge in [0.25, 0.3) is 6.43 Å². The number of halogens is 2. The highest BCUT2D eigenvalue weighted by molar-refractivity contribution is 5.68. The summed E-state index contributed by atoms with van der Waals surface area (Å²) in [6.45, 7) is 7.40. The summed E-state index contributed by atoms with van der Waals surface area (Å²) in [5, 5.41) is 12.7. The van der Waals surface area contributed by atoms with E-state index in [-0.39, 0.29) is 18.6 Å². The third-order valence-corrected chi connectivity index (χ3v) is 3.84. The highest BCUT2D eigenvalue weighted by Gasteiger charge is 2.36. The molecule has 0 aliphatic heterocycles. The minimum Gasteiger partial charge on any atom is -0.444 e. The summed E-state index contributed by atoms with van der Waals surface area (Å²) in [7, 11) is 0. The maximum absolute atomic E-state index is 12.9. The number of carbonyl (C=O) groups excluding carboxylic acids is 1. The highest BCUT2D eigenvalue weighted by Crippen LogP contribution is 2.25. The summed E-state index contributed by atoms with van der Waals surface area (Å²) in [6, 6.07) is -0.598. The van der Waals surface area contributed by atoms with Gasteiger partial charge in [-0.2, -0.15) is 0 Å². The number of aliphatic hydroxyl groups is 1. The van der Waals surface area contributed by atoms with Gasteiger partial charge in [0.05, 0.1) is 12.6 Å². The predicted molar refractivity (Wildman–Crippen MR) is 84.7 cm³/mol. The zero-order chi connectivity index (χ0) is 17.6. The van der Waals surface area contributed by atoms with E-state index in [9.17, 15) is 18.7 Å². The van der Waals surface area contributed by atoms with Crippen LogP contribution in [0.5, 0.6) is 0 Å². The quantitative estimate of drug-likeness (QED) is 0.783. The molecule has 136 valence electrons. The maximum Gasteiger partial charge on any atom is 0.407 e. The summed E-state index contributed by atoms with van der Waals surface area (Å²) < 4.78 is 31.0. The van der Waals surface area contributed by atoms with Crippen LogP contribution in [0.25, 0.3) is 0 Å². The lowest BCUT2D eigenvalue weighted by Crippen LogP contribution is -2.57. The van der Waals surface area contributed by atoms with Crippen LogP contribution in [0.2, 0.25) is 0 Å². The van der Waals surface area contributed by atoms with Crippen molar-refractivity contribution < 1.29 is 23.4 Å². The Morgan fingerprint density at radius 1 is 1.39 bits per heavy atom. The number of hydrogen-bond donors (Lipinski definition) is 2. The van der Waals surface area contributed by atoms with Crippen molar-refractivity contribution in [2.24, 2.45) is 0 Å². The summed E-state index contributed by atoms with van der Waals surface area (Å²) >= 11 is 0. The average Bonchev–Trinajstić information content (AvgIpc) is 2.37. The summed E-state index contributed by atoms with van der Waals surface area (Å²) in [5.41, 5.74) is -0.611. The molecule has 7 heteroatoms. The second-order valence-corrected chi connectivity index (χ2v) is 7.17. The molecule has 0 radical (unpaired) electrons. The van der Waals surface area contributed by atoms with Crippen LogP contribution in [0.3, 0.4) is 0 Å². The second-order valence-electron chi connectivity index (χ2n) is 7.17. The van der Waals surface area contributed by atoms with Crippen LogP contribution in [0.1, 0.15) is 53.4 Å². The molecule has 3 unspecified atom stereocenters. The molecule has 2 N–H and O–H groups in total. The number of ether oxygens (including phenoxy) is 1. The monoisotopic (exact) mass is 336 g/mol. The normalized spacial score (nSPS) is 25.7. The van der Waals surface area contributed by atoms with Crippen molar-refractivity contribution in [2.75, 3.05) is 13.1 Å². The molecule has 0 aromatic heterocycles. The molecule has 1 rings (SSSR count). The van der Waals surface area contributed by atoms with Gasteiger partial charge in [0, 0.05) is 12.1 Å². The van der Waals surface area contributed by atoms with Gasteiger partial charge < -0.3 is 15.2 Å². The molecule has 0 aromatic carbocycles. The lowest BCUT2D eigenvalue weighted by molar-refractivity contribution is 0.00239. The number of alkyl halides is 2. The van der Waals surface area contributed by atoms with Crippen LogP contribution >= 0.6 is 0 Å². The largest absolute Gasteiger partial charge is 0.444 e. The van der Waals surface area contributed by atoms with Crippen molar-refractivity contribution in [1.82, 2.24) is 10.2 Å². The Morgan fingerprint density at radius 2 is 2.04 bits per heavy atom. The first-order valence-corrected chi connectivity index (χ1v) is 8.32. The van der Waals surface area contributed by atoms with Crippen molar-refractivity contribution in [3.63, 3.8) is 0 Å². The van der Waals surface area contributed by atoms with E-state index in [4.69, 9.17) is 4.74 Å². The van der Waals surface area contributed by atoms with Crippen molar-refractivity contribution in [1.29, 1.82) is 0 Å². The Morgan fingerprint density at radius 3 is 2.57 bits per heavy atom. The van der Waals surface area contributed by atoms with Gasteiger partial charge in [0.2, 0.25) is 0 Å². The number of alkyl carbamates (subject to hydrolysis) is 1. The Bertz CT molecular complexity index is 375. The number of carbonyl (C=O) groups is 1. The first-order chi connectivity index (χ1) is 10.6. The molecule has 0 bridgehead atoms. The van der Waals surface area contributed by atoms with Crippen LogP contribution in [0, 0.1) is 0 Å². The number of amides is 1. The van der Waals surface area contributed by atoms with Crippen molar-refractivity contribution in [3.8, 4) is 0 Å². The number of hydrogen-bond acceptors (Lipinski definition) is 4. The standard InChI is InChI=1S/C16H30F2N2O3/c1-5-8-20(10-14(17)18)13-9-11(21)6-7-12(13)19-15(22)23-16(2,3)4/h11-14,21H,5-10H2,1-4H3,(H,19,22). The topological polar surface area (TPSA) is 61.8 Å². The Balaban J connectivity index is 2.78. The molecule has 1 aliphatic carbocycles. The van der Waals surface area contributed by atoms with Crippen LogP contribution < -0.4 is 5.32 Å². The molecular formula is C16H30F2N2O3. The van der Waals surface area contributed by atoms with Crippen LogP contribution in [-0.2, 0) is 4.74 Å². The molecule has 1 saturated carbocycles. The molecule has 3 atom stereocenters. The molecule has 0 spiro atoms. The predicted octanol–water partition coefficient (Wildman–Crippen LogP) is 2.77. The SMILES string of the molecule is CCCN(CC(F)F)C1CC(O)CCC1NC(=O)OC(C)(C)C. The van der Waals surface area contributed by atoms with Gasteiger partial charge in [-0.3, -0.25) is 4.90 Å². The van der Waals surface area contributed by atoms with Crippen molar-refractivity contribution >= 4 is 6.09 Å².